The maximum Gasteiger partial charge on any atom is 0.202 e. The van der Waals surface area contributed by atoms with Crippen LogP contribution in [0, 0.1) is 6.92 Å². The average molecular weight is 224 g/mol. The number of rotatable bonds is 2. The molecule has 88 valence electrons. The van der Waals surface area contributed by atoms with Crippen molar-refractivity contribution in [3.8, 4) is 5.75 Å². The van der Waals surface area contributed by atoms with Crippen molar-refractivity contribution < 1.29 is 19.7 Å². The molecule has 0 unspecified atom stereocenters. The molecule has 1 aliphatic heterocycles. The van der Waals surface area contributed by atoms with E-state index in [0.29, 0.717) is 0 Å². The van der Waals surface area contributed by atoms with E-state index in [1.165, 1.54) is 0 Å². The fraction of sp³-hybridized carbons (Fsp3) is 0.500. The minimum absolute atomic E-state index is 0.109. The van der Waals surface area contributed by atoms with Crippen LogP contribution in [0.25, 0.3) is 0 Å². The molecule has 0 spiro atoms. The van der Waals surface area contributed by atoms with Crippen molar-refractivity contribution in [3.63, 3.8) is 0 Å². The molecule has 2 rings (SSSR count). The number of aliphatic hydroxyl groups is 2. The van der Waals surface area contributed by atoms with Crippen molar-refractivity contribution in [3.05, 3.63) is 29.8 Å². The molecule has 0 radical (unpaired) electrons. The van der Waals surface area contributed by atoms with Gasteiger partial charge in [0.05, 0.1) is 12.7 Å². The molecule has 3 atom stereocenters. The largest absolute Gasteiger partial charge is 0.465 e. The molecule has 16 heavy (non-hydrogen) atoms. The van der Waals surface area contributed by atoms with Crippen molar-refractivity contribution in [1.29, 1.82) is 0 Å². The Kier molecular flexibility index (Phi) is 3.43. The number of para-hydroxylation sites is 1. The molecule has 1 fully saturated rings. The van der Waals surface area contributed by atoms with Gasteiger partial charge in [0, 0.05) is 6.42 Å². The summed E-state index contributed by atoms with van der Waals surface area (Å²) in [6.07, 6.45) is -1.78. The first-order chi connectivity index (χ1) is 7.66. The van der Waals surface area contributed by atoms with Crippen LogP contribution in [0.5, 0.6) is 5.75 Å². The van der Waals surface area contributed by atoms with E-state index in [0.717, 1.165) is 11.3 Å². The minimum Gasteiger partial charge on any atom is -0.465 e. The number of aryl methyl sites for hydroxylation is 1. The highest BCUT2D eigenvalue weighted by atomic mass is 16.7. The van der Waals surface area contributed by atoms with Gasteiger partial charge in [0.15, 0.2) is 0 Å². The first kappa shape index (κ1) is 11.4. The third-order valence-electron chi connectivity index (χ3n) is 2.68. The zero-order valence-electron chi connectivity index (χ0n) is 9.17. The van der Waals surface area contributed by atoms with E-state index >= 15 is 0 Å². The summed E-state index contributed by atoms with van der Waals surface area (Å²) in [5, 5.41) is 18.8. The van der Waals surface area contributed by atoms with Crippen LogP contribution in [0.4, 0.5) is 0 Å². The Balaban J connectivity index is 1.98. The van der Waals surface area contributed by atoms with Gasteiger partial charge >= 0.3 is 0 Å². The lowest BCUT2D eigenvalue weighted by atomic mass is 10.1. The van der Waals surface area contributed by atoms with Crippen LogP contribution in [0.2, 0.25) is 0 Å². The van der Waals surface area contributed by atoms with Crippen molar-refractivity contribution in [2.45, 2.75) is 31.8 Å². The lowest BCUT2D eigenvalue weighted by Gasteiger charge is -2.30. The topological polar surface area (TPSA) is 58.9 Å². The highest BCUT2D eigenvalue weighted by Gasteiger charge is 2.29. The number of benzene rings is 1. The van der Waals surface area contributed by atoms with E-state index in [2.05, 4.69) is 0 Å². The van der Waals surface area contributed by atoms with Gasteiger partial charge in [0.2, 0.25) is 6.29 Å². The molecule has 0 bridgehead atoms. The van der Waals surface area contributed by atoms with E-state index in [1.807, 2.05) is 31.2 Å². The normalized spacial score (nSPS) is 30.1. The maximum atomic E-state index is 9.49. The van der Waals surface area contributed by atoms with Gasteiger partial charge in [-0.3, -0.25) is 0 Å². The second kappa shape index (κ2) is 4.82. The van der Waals surface area contributed by atoms with Crippen molar-refractivity contribution in [2.75, 3.05) is 6.61 Å². The highest BCUT2D eigenvalue weighted by Crippen LogP contribution is 2.22. The van der Waals surface area contributed by atoms with Crippen LogP contribution in [-0.2, 0) is 4.74 Å². The van der Waals surface area contributed by atoms with Gasteiger partial charge in [-0.25, -0.2) is 0 Å². The number of hydrogen-bond donors (Lipinski definition) is 2. The third-order valence-corrected chi connectivity index (χ3v) is 2.68. The Morgan fingerprint density at radius 1 is 1.25 bits per heavy atom. The monoisotopic (exact) mass is 224 g/mol. The molecule has 0 aliphatic carbocycles. The molecule has 4 heteroatoms. The molecule has 1 aromatic rings. The number of hydrogen-bond acceptors (Lipinski definition) is 4. The Hall–Kier alpha value is -1.10. The Labute approximate surface area is 94.4 Å². The summed E-state index contributed by atoms with van der Waals surface area (Å²) in [4.78, 5) is 0. The first-order valence-corrected chi connectivity index (χ1v) is 5.37. The molecule has 2 N–H and O–H groups in total. The molecule has 4 nitrogen and oxygen atoms in total. The second-order valence-electron chi connectivity index (χ2n) is 4.02. The molecular weight excluding hydrogens is 208 g/mol. The zero-order valence-corrected chi connectivity index (χ0v) is 9.17. The van der Waals surface area contributed by atoms with E-state index < -0.39 is 18.5 Å². The zero-order chi connectivity index (χ0) is 11.5. The summed E-state index contributed by atoms with van der Waals surface area (Å²) in [5.41, 5.74) is 1.02. The van der Waals surface area contributed by atoms with Crippen molar-refractivity contribution in [1.82, 2.24) is 0 Å². The Bertz CT molecular complexity index is 353. The molecule has 0 amide bonds. The van der Waals surface area contributed by atoms with Crippen molar-refractivity contribution >= 4 is 0 Å². The van der Waals surface area contributed by atoms with Crippen LogP contribution >= 0.6 is 0 Å². The third kappa shape index (κ3) is 2.52. The average Bonchev–Trinajstić information content (AvgIpc) is 2.27. The second-order valence-corrected chi connectivity index (χ2v) is 4.02. The molecule has 1 aromatic carbocycles. The predicted octanol–water partition coefficient (Wildman–Crippen LogP) is 0.842. The van der Waals surface area contributed by atoms with Gasteiger partial charge < -0.3 is 19.7 Å². The maximum absolute atomic E-state index is 9.49. The first-order valence-electron chi connectivity index (χ1n) is 5.37. The molecule has 0 aromatic heterocycles. The summed E-state index contributed by atoms with van der Waals surface area (Å²) in [5.74, 6) is 0.746. The summed E-state index contributed by atoms with van der Waals surface area (Å²) in [6.45, 7) is 2.06. The molecule has 1 saturated heterocycles. The SMILES string of the molecule is Cc1ccccc1O[C@H]1C[C@@H](O)[C@H](O)CO1. The summed E-state index contributed by atoms with van der Waals surface area (Å²) < 4.78 is 10.9. The van der Waals surface area contributed by atoms with Crippen molar-refractivity contribution in [2.24, 2.45) is 0 Å². The highest BCUT2D eigenvalue weighted by molar-refractivity contribution is 5.31. The van der Waals surface area contributed by atoms with Gasteiger partial charge in [0.25, 0.3) is 0 Å². The van der Waals surface area contributed by atoms with E-state index in [4.69, 9.17) is 9.47 Å². The summed E-state index contributed by atoms with van der Waals surface area (Å²) >= 11 is 0. The van der Waals surface area contributed by atoms with Crippen LogP contribution in [0.1, 0.15) is 12.0 Å². The van der Waals surface area contributed by atoms with Gasteiger partial charge in [-0.2, -0.15) is 0 Å². The van der Waals surface area contributed by atoms with Gasteiger partial charge in [-0.15, -0.1) is 0 Å². The quantitative estimate of drug-likeness (QED) is 0.781. The molecule has 1 aliphatic rings. The molecule has 0 saturated carbocycles. The minimum atomic E-state index is -0.809. The predicted molar refractivity (Wildman–Crippen MR) is 58.2 cm³/mol. The van der Waals surface area contributed by atoms with Crippen LogP contribution in [-0.4, -0.2) is 35.3 Å². The van der Waals surface area contributed by atoms with E-state index in [1.54, 1.807) is 0 Å². The van der Waals surface area contributed by atoms with E-state index in [9.17, 15) is 10.2 Å². The Morgan fingerprint density at radius 2 is 2.00 bits per heavy atom. The van der Waals surface area contributed by atoms with Gasteiger partial charge in [-0.05, 0) is 18.6 Å². The molecular formula is C12H16O4. The summed E-state index contributed by atoms with van der Waals surface area (Å²) in [6, 6.07) is 7.62. The summed E-state index contributed by atoms with van der Waals surface area (Å²) in [7, 11) is 0. The van der Waals surface area contributed by atoms with Crippen LogP contribution in [0.3, 0.4) is 0 Å². The fourth-order valence-corrected chi connectivity index (χ4v) is 1.65. The lowest BCUT2D eigenvalue weighted by molar-refractivity contribution is -0.182. The van der Waals surface area contributed by atoms with Crippen LogP contribution < -0.4 is 4.74 Å². The van der Waals surface area contributed by atoms with E-state index in [-0.39, 0.29) is 13.0 Å². The van der Waals surface area contributed by atoms with Gasteiger partial charge in [0.1, 0.15) is 11.9 Å². The lowest BCUT2D eigenvalue weighted by Crippen LogP contribution is -2.43. The molecule has 1 heterocycles. The standard InChI is InChI=1S/C12H16O4/c1-8-4-2-3-5-11(8)16-12-6-9(13)10(14)7-15-12/h2-5,9-10,12-14H,6-7H2,1H3/t9-,10-,12+/m1/s1. The smallest absolute Gasteiger partial charge is 0.202 e. The van der Waals surface area contributed by atoms with Gasteiger partial charge in [-0.1, -0.05) is 18.2 Å². The number of aliphatic hydroxyl groups excluding tert-OH is 2. The Morgan fingerprint density at radius 3 is 2.69 bits per heavy atom. The van der Waals surface area contributed by atoms with Crippen LogP contribution in [0.15, 0.2) is 24.3 Å². The number of ether oxygens (including phenoxy) is 2. The fourth-order valence-electron chi connectivity index (χ4n) is 1.65.